The van der Waals surface area contributed by atoms with E-state index in [-0.39, 0.29) is 16.5 Å². The second kappa shape index (κ2) is 8.33. The summed E-state index contributed by atoms with van der Waals surface area (Å²) in [6.45, 7) is 2.16. The maximum Gasteiger partial charge on any atom is 0.270 e. The van der Waals surface area contributed by atoms with E-state index in [0.29, 0.717) is 9.23 Å². The molecule has 2 aromatic carbocycles. The number of thiocarbonyl (C=S) groups is 1. The number of benzene rings is 2. The Labute approximate surface area is 167 Å². The lowest BCUT2D eigenvalue weighted by Crippen LogP contribution is -2.27. The predicted octanol–water partition coefficient (Wildman–Crippen LogP) is 6.23. The van der Waals surface area contributed by atoms with E-state index < -0.39 is 5.82 Å². The molecule has 3 rings (SSSR count). The highest BCUT2D eigenvalue weighted by Crippen LogP contribution is 2.37. The van der Waals surface area contributed by atoms with Crippen LogP contribution in [0.25, 0.3) is 6.08 Å². The lowest BCUT2D eigenvalue weighted by atomic mass is 10.1. The van der Waals surface area contributed by atoms with Crippen LogP contribution in [0.4, 0.5) is 10.1 Å². The van der Waals surface area contributed by atoms with Crippen molar-refractivity contribution in [2.24, 2.45) is 0 Å². The normalized spacial score (nSPS) is 16.0. The summed E-state index contributed by atoms with van der Waals surface area (Å²) in [5, 5.41) is 0.260. The molecule has 0 bridgehead atoms. The minimum absolute atomic E-state index is 0.199. The van der Waals surface area contributed by atoms with Crippen molar-refractivity contribution in [3.63, 3.8) is 0 Å². The third kappa shape index (κ3) is 4.00. The Bertz CT molecular complexity index is 860. The molecule has 1 aliphatic rings. The first kappa shape index (κ1) is 19.1. The van der Waals surface area contributed by atoms with Gasteiger partial charge in [-0.15, -0.1) is 0 Å². The van der Waals surface area contributed by atoms with Gasteiger partial charge in [0, 0.05) is 5.56 Å². The van der Waals surface area contributed by atoms with Crippen molar-refractivity contribution in [1.29, 1.82) is 0 Å². The number of halogens is 2. The molecule has 1 fully saturated rings. The average Bonchev–Trinajstić information content (AvgIpc) is 2.90. The zero-order valence-corrected chi connectivity index (χ0v) is 16.6. The number of anilines is 1. The number of hydrogen-bond donors (Lipinski definition) is 0. The fourth-order valence-corrected chi connectivity index (χ4v) is 4.16. The Morgan fingerprint density at radius 1 is 1.23 bits per heavy atom. The molecule has 2 nitrogen and oxygen atoms in total. The maximum absolute atomic E-state index is 14.0. The largest absolute Gasteiger partial charge is 0.270 e. The van der Waals surface area contributed by atoms with Gasteiger partial charge in [-0.05, 0) is 48.7 Å². The molecule has 1 heterocycles. The summed E-state index contributed by atoms with van der Waals surface area (Å²) < 4.78 is 14.4. The summed E-state index contributed by atoms with van der Waals surface area (Å²) in [6, 6.07) is 12.3. The molecule has 134 valence electrons. The molecule has 0 saturated carbocycles. The third-order valence-corrected chi connectivity index (χ3v) is 5.71. The second-order valence-electron chi connectivity index (χ2n) is 5.92. The monoisotopic (exact) mass is 405 g/mol. The summed E-state index contributed by atoms with van der Waals surface area (Å²) in [7, 11) is 0. The smallest absolute Gasteiger partial charge is 0.268 e. The molecule has 0 radical (unpaired) electrons. The van der Waals surface area contributed by atoms with Gasteiger partial charge in [0.1, 0.15) is 5.82 Å². The van der Waals surface area contributed by atoms with Gasteiger partial charge in [-0.3, -0.25) is 9.69 Å². The second-order valence-corrected chi connectivity index (χ2v) is 8.01. The topological polar surface area (TPSA) is 20.3 Å². The van der Waals surface area contributed by atoms with E-state index in [1.54, 1.807) is 6.07 Å². The average molecular weight is 406 g/mol. The summed E-state index contributed by atoms with van der Waals surface area (Å²) in [6.07, 6.45) is 4.75. The van der Waals surface area contributed by atoms with Crippen molar-refractivity contribution in [2.75, 3.05) is 4.90 Å². The van der Waals surface area contributed by atoms with Crippen molar-refractivity contribution >= 4 is 57.6 Å². The van der Waals surface area contributed by atoms with Gasteiger partial charge < -0.3 is 0 Å². The molecular weight excluding hydrogens is 389 g/mol. The van der Waals surface area contributed by atoms with Gasteiger partial charge in [0.2, 0.25) is 0 Å². The summed E-state index contributed by atoms with van der Waals surface area (Å²) in [5.74, 6) is -0.733. The standard InChI is InChI=1S/C20H17ClFNOS2/c1-2-3-5-13-8-10-14(11-9-13)23-19(24)18(26-20(23)25)12-15-16(21)6-4-7-17(15)22/h4,6-12H,2-3,5H2,1H3/b18-12-. The highest BCUT2D eigenvalue weighted by atomic mass is 35.5. The highest BCUT2D eigenvalue weighted by molar-refractivity contribution is 8.27. The highest BCUT2D eigenvalue weighted by Gasteiger charge is 2.33. The molecule has 0 spiro atoms. The number of carbonyl (C=O) groups excluding carboxylic acids is 1. The third-order valence-electron chi connectivity index (χ3n) is 4.08. The van der Waals surface area contributed by atoms with E-state index in [1.165, 1.54) is 28.7 Å². The van der Waals surface area contributed by atoms with Crippen LogP contribution < -0.4 is 4.90 Å². The number of hydrogen-bond acceptors (Lipinski definition) is 3. The van der Waals surface area contributed by atoms with Gasteiger partial charge in [-0.2, -0.15) is 0 Å². The number of carbonyl (C=O) groups is 1. The zero-order chi connectivity index (χ0) is 18.7. The molecule has 1 aliphatic heterocycles. The molecule has 0 N–H and O–H groups in total. The molecule has 26 heavy (non-hydrogen) atoms. The lowest BCUT2D eigenvalue weighted by Gasteiger charge is -2.15. The number of thioether (sulfide) groups is 1. The van der Waals surface area contributed by atoms with Gasteiger partial charge in [-0.25, -0.2) is 4.39 Å². The summed E-state index contributed by atoms with van der Waals surface area (Å²) in [4.78, 5) is 14.6. The number of nitrogens with zero attached hydrogens (tertiary/aromatic N) is 1. The quantitative estimate of drug-likeness (QED) is 0.434. The fraction of sp³-hybridized carbons (Fsp3) is 0.200. The Morgan fingerprint density at radius 3 is 2.62 bits per heavy atom. The van der Waals surface area contributed by atoms with Gasteiger partial charge in [0.05, 0.1) is 15.6 Å². The maximum atomic E-state index is 14.0. The van der Waals surface area contributed by atoms with Gasteiger partial charge in [-0.1, -0.05) is 67.1 Å². The van der Waals surface area contributed by atoms with Crippen molar-refractivity contribution in [1.82, 2.24) is 0 Å². The van der Waals surface area contributed by atoms with Crippen molar-refractivity contribution < 1.29 is 9.18 Å². The Kier molecular flexibility index (Phi) is 6.12. The van der Waals surface area contributed by atoms with E-state index >= 15 is 0 Å². The zero-order valence-electron chi connectivity index (χ0n) is 14.2. The number of amides is 1. The molecule has 0 aliphatic carbocycles. The first-order valence-corrected chi connectivity index (χ1v) is 9.92. The van der Waals surface area contributed by atoms with Crippen LogP contribution in [0.3, 0.4) is 0 Å². The minimum Gasteiger partial charge on any atom is -0.268 e. The van der Waals surface area contributed by atoms with Crippen LogP contribution in [0.15, 0.2) is 47.4 Å². The summed E-state index contributed by atoms with van der Waals surface area (Å²) >= 11 is 12.6. The van der Waals surface area contributed by atoms with Crippen molar-refractivity contribution in [2.45, 2.75) is 26.2 Å². The Morgan fingerprint density at radius 2 is 1.96 bits per heavy atom. The number of aryl methyl sites for hydroxylation is 1. The number of rotatable bonds is 5. The molecular formula is C20H17ClFNOS2. The minimum atomic E-state index is -0.469. The van der Waals surface area contributed by atoms with Crippen LogP contribution in [0.2, 0.25) is 5.02 Å². The molecule has 0 atom stereocenters. The Hall–Kier alpha value is -1.69. The van der Waals surface area contributed by atoms with Crippen LogP contribution in [0.5, 0.6) is 0 Å². The van der Waals surface area contributed by atoms with Crippen LogP contribution in [0.1, 0.15) is 30.9 Å². The molecule has 2 aromatic rings. The van der Waals surface area contributed by atoms with E-state index in [0.717, 1.165) is 36.7 Å². The van der Waals surface area contributed by atoms with E-state index in [2.05, 4.69) is 6.92 Å². The molecule has 6 heteroatoms. The van der Waals surface area contributed by atoms with Crippen molar-refractivity contribution in [3.8, 4) is 0 Å². The Balaban J connectivity index is 1.86. The molecule has 0 unspecified atom stereocenters. The van der Waals surface area contributed by atoms with Gasteiger partial charge in [0.15, 0.2) is 4.32 Å². The summed E-state index contributed by atoms with van der Waals surface area (Å²) in [5.41, 5.74) is 2.15. The van der Waals surface area contributed by atoms with E-state index in [1.807, 2.05) is 24.3 Å². The molecule has 1 saturated heterocycles. The van der Waals surface area contributed by atoms with Crippen LogP contribution in [0, 0.1) is 5.82 Å². The van der Waals surface area contributed by atoms with E-state index in [9.17, 15) is 9.18 Å². The first-order chi connectivity index (χ1) is 12.5. The lowest BCUT2D eigenvalue weighted by molar-refractivity contribution is -0.113. The molecule has 1 amide bonds. The van der Waals surface area contributed by atoms with Crippen molar-refractivity contribution in [3.05, 3.63) is 69.3 Å². The fourth-order valence-electron chi connectivity index (χ4n) is 2.66. The van der Waals surface area contributed by atoms with Gasteiger partial charge >= 0.3 is 0 Å². The van der Waals surface area contributed by atoms with E-state index in [4.69, 9.17) is 23.8 Å². The predicted molar refractivity (Wildman–Crippen MR) is 112 cm³/mol. The first-order valence-electron chi connectivity index (χ1n) is 8.32. The van der Waals surface area contributed by atoms with Crippen LogP contribution in [-0.2, 0) is 11.2 Å². The number of unbranched alkanes of at least 4 members (excludes halogenated alkanes) is 1. The SMILES string of the molecule is CCCCc1ccc(N2C(=O)/C(=C/c3c(F)cccc3Cl)SC2=S)cc1. The van der Waals surface area contributed by atoms with Crippen LogP contribution in [-0.4, -0.2) is 10.2 Å². The molecule has 0 aromatic heterocycles. The van der Waals surface area contributed by atoms with Crippen LogP contribution >= 0.6 is 35.6 Å². The van der Waals surface area contributed by atoms with Gasteiger partial charge in [0.25, 0.3) is 5.91 Å².